The minimum atomic E-state index is -0.693. The zero-order valence-corrected chi connectivity index (χ0v) is 13.9. The summed E-state index contributed by atoms with van der Waals surface area (Å²) in [4.78, 5) is 34.8. The van der Waals surface area contributed by atoms with Crippen molar-refractivity contribution in [1.29, 1.82) is 0 Å². The molecule has 0 aromatic heterocycles. The third-order valence-corrected chi connectivity index (χ3v) is 3.62. The summed E-state index contributed by atoms with van der Waals surface area (Å²) in [5.41, 5.74) is 0.573. The van der Waals surface area contributed by atoms with Gasteiger partial charge in [0, 0.05) is 5.56 Å². The van der Waals surface area contributed by atoms with E-state index in [1.165, 1.54) is 14.0 Å². The molecular formula is C17H23NO5. The zero-order valence-electron chi connectivity index (χ0n) is 13.9. The van der Waals surface area contributed by atoms with Gasteiger partial charge in [0.2, 0.25) is 0 Å². The molecule has 0 saturated heterocycles. The molecular weight excluding hydrogens is 298 g/mol. The lowest BCUT2D eigenvalue weighted by Gasteiger charge is -2.21. The number of esters is 1. The number of Topliss-reactive ketones (excluding diaryl/α,β-unsaturated/α-hetero) is 1. The van der Waals surface area contributed by atoms with E-state index < -0.39 is 17.9 Å². The van der Waals surface area contributed by atoms with E-state index in [1.807, 2.05) is 13.8 Å². The lowest BCUT2D eigenvalue weighted by Crippen LogP contribution is -2.47. The molecule has 6 nitrogen and oxygen atoms in total. The number of benzene rings is 1. The third kappa shape index (κ3) is 5.73. The molecule has 1 N–H and O–H groups in total. The molecule has 0 heterocycles. The van der Waals surface area contributed by atoms with E-state index in [0.29, 0.717) is 11.3 Å². The first-order valence-electron chi connectivity index (χ1n) is 7.50. The van der Waals surface area contributed by atoms with Gasteiger partial charge in [-0.2, -0.15) is 0 Å². The van der Waals surface area contributed by atoms with Crippen LogP contribution in [0.4, 0.5) is 0 Å². The fourth-order valence-electron chi connectivity index (χ4n) is 1.95. The van der Waals surface area contributed by atoms with Gasteiger partial charge >= 0.3 is 5.97 Å². The van der Waals surface area contributed by atoms with Crippen LogP contribution in [0.15, 0.2) is 24.3 Å². The van der Waals surface area contributed by atoms with Crippen molar-refractivity contribution in [3.63, 3.8) is 0 Å². The first-order valence-corrected chi connectivity index (χ1v) is 7.50. The van der Waals surface area contributed by atoms with E-state index in [0.717, 1.165) is 6.42 Å². The normalized spacial score (nSPS) is 12.9. The number of ketones is 1. The predicted octanol–water partition coefficient (Wildman–Crippen LogP) is 1.97. The fraction of sp³-hybridized carbons (Fsp3) is 0.471. The first kappa shape index (κ1) is 18.7. The maximum absolute atomic E-state index is 11.9. The second-order valence-corrected chi connectivity index (χ2v) is 5.32. The number of nitrogens with one attached hydrogen (secondary N) is 1. The Morgan fingerprint density at radius 1 is 1.17 bits per heavy atom. The van der Waals surface area contributed by atoms with Gasteiger partial charge in [0.25, 0.3) is 5.91 Å². The molecule has 0 saturated carbocycles. The summed E-state index contributed by atoms with van der Waals surface area (Å²) in [7, 11) is 1.29. The molecule has 0 spiro atoms. The average molecular weight is 321 g/mol. The molecule has 6 heteroatoms. The highest BCUT2D eigenvalue weighted by molar-refractivity contribution is 5.94. The minimum Gasteiger partial charge on any atom is -0.484 e. The van der Waals surface area contributed by atoms with Gasteiger partial charge in [-0.25, -0.2) is 4.79 Å². The van der Waals surface area contributed by atoms with E-state index >= 15 is 0 Å². The number of carbonyl (C=O) groups is 3. The molecule has 126 valence electrons. The van der Waals surface area contributed by atoms with Crippen molar-refractivity contribution in [2.75, 3.05) is 13.7 Å². The van der Waals surface area contributed by atoms with Gasteiger partial charge in [0.05, 0.1) is 7.11 Å². The summed E-state index contributed by atoms with van der Waals surface area (Å²) in [6, 6.07) is 5.81. The molecule has 1 aromatic carbocycles. The van der Waals surface area contributed by atoms with Crippen LogP contribution in [0.5, 0.6) is 5.75 Å². The Morgan fingerprint density at radius 2 is 1.78 bits per heavy atom. The molecule has 1 amide bonds. The van der Waals surface area contributed by atoms with Crippen LogP contribution in [0.2, 0.25) is 0 Å². The van der Waals surface area contributed by atoms with Crippen LogP contribution in [-0.2, 0) is 14.3 Å². The number of hydrogen-bond donors (Lipinski definition) is 1. The minimum absolute atomic E-state index is 0.0382. The van der Waals surface area contributed by atoms with Gasteiger partial charge in [0.15, 0.2) is 12.4 Å². The second-order valence-electron chi connectivity index (χ2n) is 5.32. The SMILES string of the molecule is CC[C@H](C)[C@H](NC(=O)COc1ccc(C(C)=O)cc1)C(=O)OC. The maximum atomic E-state index is 11.9. The van der Waals surface area contributed by atoms with E-state index in [-0.39, 0.29) is 18.3 Å². The van der Waals surface area contributed by atoms with E-state index in [1.54, 1.807) is 24.3 Å². The molecule has 0 fully saturated rings. The third-order valence-electron chi connectivity index (χ3n) is 3.62. The van der Waals surface area contributed by atoms with Crippen LogP contribution in [0.25, 0.3) is 0 Å². The topological polar surface area (TPSA) is 81.7 Å². The molecule has 23 heavy (non-hydrogen) atoms. The Balaban J connectivity index is 2.58. The van der Waals surface area contributed by atoms with Gasteiger partial charge in [-0.3, -0.25) is 9.59 Å². The van der Waals surface area contributed by atoms with Gasteiger partial charge < -0.3 is 14.8 Å². The number of methoxy groups -OCH3 is 1. The molecule has 1 aromatic rings. The van der Waals surface area contributed by atoms with Crippen LogP contribution < -0.4 is 10.1 Å². The first-order chi connectivity index (χ1) is 10.9. The number of carbonyl (C=O) groups excluding carboxylic acids is 3. The average Bonchev–Trinajstić information content (AvgIpc) is 2.56. The van der Waals surface area contributed by atoms with E-state index in [4.69, 9.17) is 9.47 Å². The van der Waals surface area contributed by atoms with Crippen molar-refractivity contribution in [3.8, 4) is 5.75 Å². The largest absolute Gasteiger partial charge is 0.484 e. The number of hydrogen-bond acceptors (Lipinski definition) is 5. The highest BCUT2D eigenvalue weighted by Gasteiger charge is 2.26. The van der Waals surface area contributed by atoms with Crippen LogP contribution >= 0.6 is 0 Å². The van der Waals surface area contributed by atoms with Crippen LogP contribution in [0.1, 0.15) is 37.6 Å². The van der Waals surface area contributed by atoms with Crippen molar-refractivity contribution >= 4 is 17.7 Å². The van der Waals surface area contributed by atoms with Gasteiger partial charge in [-0.1, -0.05) is 20.3 Å². The molecule has 2 atom stereocenters. The number of amides is 1. The Kier molecular flexibility index (Phi) is 7.25. The monoisotopic (exact) mass is 321 g/mol. The van der Waals surface area contributed by atoms with E-state index in [2.05, 4.69) is 5.32 Å². The van der Waals surface area contributed by atoms with Crippen molar-refractivity contribution in [1.82, 2.24) is 5.32 Å². The number of ether oxygens (including phenoxy) is 2. The maximum Gasteiger partial charge on any atom is 0.328 e. The highest BCUT2D eigenvalue weighted by atomic mass is 16.5. The van der Waals surface area contributed by atoms with Crippen molar-refractivity contribution in [2.45, 2.75) is 33.2 Å². The Morgan fingerprint density at radius 3 is 2.26 bits per heavy atom. The Labute approximate surface area is 136 Å². The smallest absolute Gasteiger partial charge is 0.328 e. The van der Waals surface area contributed by atoms with Gasteiger partial charge in [0.1, 0.15) is 11.8 Å². The molecule has 0 unspecified atom stereocenters. The molecule has 0 aliphatic carbocycles. The molecule has 1 rings (SSSR count). The fourth-order valence-corrected chi connectivity index (χ4v) is 1.95. The second kappa shape index (κ2) is 8.92. The number of rotatable bonds is 8. The molecule has 0 radical (unpaired) electrons. The summed E-state index contributed by atoms with van der Waals surface area (Å²) >= 11 is 0. The Hall–Kier alpha value is -2.37. The summed E-state index contributed by atoms with van der Waals surface area (Å²) in [6.45, 7) is 5.05. The predicted molar refractivity (Wildman–Crippen MR) is 85.3 cm³/mol. The molecule has 0 aliphatic heterocycles. The lowest BCUT2D eigenvalue weighted by molar-refractivity contribution is -0.146. The van der Waals surface area contributed by atoms with Crippen molar-refractivity contribution < 1.29 is 23.9 Å². The van der Waals surface area contributed by atoms with Gasteiger partial charge in [-0.05, 0) is 37.1 Å². The van der Waals surface area contributed by atoms with Crippen molar-refractivity contribution in [3.05, 3.63) is 29.8 Å². The van der Waals surface area contributed by atoms with E-state index in [9.17, 15) is 14.4 Å². The Bertz CT molecular complexity index is 553. The van der Waals surface area contributed by atoms with Crippen LogP contribution in [-0.4, -0.2) is 37.4 Å². The standard InChI is InChI=1S/C17H23NO5/c1-5-11(2)16(17(21)22-4)18-15(20)10-23-14-8-6-13(7-9-14)12(3)19/h6-9,11,16H,5,10H2,1-4H3,(H,18,20)/t11-,16-/m0/s1. The molecule has 0 aliphatic rings. The zero-order chi connectivity index (χ0) is 17.4. The lowest BCUT2D eigenvalue weighted by atomic mass is 9.99. The van der Waals surface area contributed by atoms with Gasteiger partial charge in [-0.15, -0.1) is 0 Å². The van der Waals surface area contributed by atoms with Crippen LogP contribution in [0.3, 0.4) is 0 Å². The highest BCUT2D eigenvalue weighted by Crippen LogP contribution is 2.13. The summed E-state index contributed by atoms with van der Waals surface area (Å²) in [5.74, 6) is -0.483. The summed E-state index contributed by atoms with van der Waals surface area (Å²) in [5, 5.41) is 2.63. The van der Waals surface area contributed by atoms with Crippen molar-refractivity contribution in [2.24, 2.45) is 5.92 Å². The van der Waals surface area contributed by atoms with Crippen LogP contribution in [0, 0.1) is 5.92 Å². The quantitative estimate of drug-likeness (QED) is 0.585. The summed E-state index contributed by atoms with van der Waals surface area (Å²) < 4.78 is 10.1. The summed E-state index contributed by atoms with van der Waals surface area (Å²) in [6.07, 6.45) is 0.730. The molecule has 0 bridgehead atoms.